The normalized spacial score (nSPS) is 11.4. The number of rotatable bonds is 7. The molecular weight excluding hydrogens is 386 g/mol. The topological polar surface area (TPSA) is 95.0 Å². The minimum atomic E-state index is -3.78. The second-order valence-electron chi connectivity index (χ2n) is 5.60. The summed E-state index contributed by atoms with van der Waals surface area (Å²) in [4.78, 5) is 13.2. The zero-order valence-electron chi connectivity index (χ0n) is 14.3. The van der Waals surface area contributed by atoms with Gasteiger partial charge in [0.2, 0.25) is 10.0 Å². The van der Waals surface area contributed by atoms with Crippen molar-refractivity contribution in [1.82, 2.24) is 20.5 Å². The fourth-order valence-corrected chi connectivity index (χ4v) is 3.12. The molecule has 0 aliphatic carbocycles. The Morgan fingerprint density at radius 3 is 2.40 bits per heavy atom. The van der Waals surface area contributed by atoms with E-state index in [-0.39, 0.29) is 16.6 Å². The molecule has 0 atom stereocenters. The highest BCUT2D eigenvalue weighted by atomic mass is 35.5. The number of carbonyl (C=O) groups excluding carboxylic acids is 1. The summed E-state index contributed by atoms with van der Waals surface area (Å²) in [7, 11) is 1.56. The molecule has 0 aliphatic rings. The molecule has 0 aromatic heterocycles. The SMILES string of the molecule is CN(CC(=O)NNC(=S)NCC[NH+](C)C)S(=O)(=O)c1ccc(Cl)cc1. The molecule has 11 heteroatoms. The maximum Gasteiger partial charge on any atom is 0.253 e. The molecule has 0 bridgehead atoms. The predicted octanol–water partition coefficient (Wildman–Crippen LogP) is -1.40. The van der Waals surface area contributed by atoms with Crippen molar-refractivity contribution in [3.63, 3.8) is 0 Å². The number of nitrogens with one attached hydrogen (secondary N) is 4. The summed E-state index contributed by atoms with van der Waals surface area (Å²) in [6.07, 6.45) is 0. The van der Waals surface area contributed by atoms with E-state index in [1.54, 1.807) is 0 Å². The summed E-state index contributed by atoms with van der Waals surface area (Å²) in [5, 5.41) is 3.62. The fourth-order valence-electron chi connectivity index (χ4n) is 1.71. The number of hydrazine groups is 1. The van der Waals surface area contributed by atoms with Crippen molar-refractivity contribution in [3.05, 3.63) is 29.3 Å². The minimum Gasteiger partial charge on any atom is -0.356 e. The number of quaternary nitrogens is 1. The maximum atomic E-state index is 12.4. The molecule has 140 valence electrons. The molecule has 1 rings (SSSR count). The quantitative estimate of drug-likeness (QED) is 0.327. The predicted molar refractivity (Wildman–Crippen MR) is 101 cm³/mol. The average Bonchev–Trinajstić information content (AvgIpc) is 2.53. The molecule has 4 N–H and O–H groups in total. The van der Waals surface area contributed by atoms with Gasteiger partial charge in [-0.05, 0) is 36.5 Å². The number of sulfonamides is 1. The lowest BCUT2D eigenvalue weighted by atomic mass is 10.4. The van der Waals surface area contributed by atoms with Crippen LogP contribution < -0.4 is 21.1 Å². The Bertz CT molecular complexity index is 695. The first-order valence-electron chi connectivity index (χ1n) is 7.46. The van der Waals surface area contributed by atoms with Gasteiger partial charge < -0.3 is 10.2 Å². The minimum absolute atomic E-state index is 0.0588. The second-order valence-corrected chi connectivity index (χ2v) is 8.49. The molecule has 0 aliphatic heterocycles. The Hall–Kier alpha value is -1.46. The number of amides is 1. The molecule has 0 radical (unpaired) electrons. The number of thiocarbonyl (C=S) groups is 1. The molecule has 0 heterocycles. The Morgan fingerprint density at radius 2 is 1.84 bits per heavy atom. The number of likely N-dealkylation sites (N-methyl/N-ethyl adjacent to an activating group) is 2. The number of nitrogens with zero attached hydrogens (tertiary/aromatic N) is 1. The highest BCUT2D eigenvalue weighted by Gasteiger charge is 2.22. The number of hydrogen-bond donors (Lipinski definition) is 4. The lowest BCUT2D eigenvalue weighted by Crippen LogP contribution is -3.06. The molecule has 0 unspecified atom stereocenters. The van der Waals surface area contributed by atoms with Gasteiger partial charge in [0.05, 0.1) is 38.6 Å². The summed E-state index contributed by atoms with van der Waals surface area (Å²) >= 11 is 10.8. The van der Waals surface area contributed by atoms with Crippen LogP contribution in [-0.4, -0.2) is 64.5 Å². The number of benzene rings is 1. The van der Waals surface area contributed by atoms with Crippen molar-refractivity contribution in [2.45, 2.75) is 4.90 Å². The van der Waals surface area contributed by atoms with Crippen molar-refractivity contribution in [3.8, 4) is 0 Å². The Balaban J connectivity index is 2.48. The lowest BCUT2D eigenvalue weighted by molar-refractivity contribution is -0.856. The van der Waals surface area contributed by atoms with Gasteiger partial charge in [0.15, 0.2) is 5.11 Å². The van der Waals surface area contributed by atoms with Gasteiger partial charge >= 0.3 is 0 Å². The van der Waals surface area contributed by atoms with Crippen LogP contribution in [0.1, 0.15) is 0 Å². The van der Waals surface area contributed by atoms with Crippen molar-refractivity contribution in [2.24, 2.45) is 0 Å². The molecule has 0 spiro atoms. The van der Waals surface area contributed by atoms with Crippen LogP contribution in [0, 0.1) is 0 Å². The highest BCUT2D eigenvalue weighted by molar-refractivity contribution is 7.89. The largest absolute Gasteiger partial charge is 0.356 e. The van der Waals surface area contributed by atoms with Crippen molar-refractivity contribution < 1.29 is 18.1 Å². The van der Waals surface area contributed by atoms with Crippen molar-refractivity contribution in [1.29, 1.82) is 0 Å². The molecule has 0 saturated carbocycles. The summed E-state index contributed by atoms with van der Waals surface area (Å²) in [6.45, 7) is 1.15. The molecular formula is C14H23ClN5O3S2+. The Labute approximate surface area is 158 Å². The number of halogens is 1. The third kappa shape index (κ3) is 7.53. The molecule has 0 saturated heterocycles. The Kier molecular flexibility index (Phi) is 8.53. The smallest absolute Gasteiger partial charge is 0.253 e. The van der Waals surface area contributed by atoms with Crippen LogP contribution >= 0.6 is 23.8 Å². The molecule has 8 nitrogen and oxygen atoms in total. The van der Waals surface area contributed by atoms with Crippen LogP contribution in [0.2, 0.25) is 5.02 Å². The van der Waals surface area contributed by atoms with Crippen LogP contribution in [0.3, 0.4) is 0 Å². The standard InChI is InChI=1S/C14H22ClN5O3S2/c1-19(2)9-8-16-14(24)18-17-13(21)10-20(3)25(22,23)12-6-4-11(15)5-7-12/h4-7H,8-10H2,1-3H3,(H,17,21)(H2,16,18,24)/p+1. The summed E-state index contributed by atoms with van der Waals surface area (Å²) < 4.78 is 25.7. The monoisotopic (exact) mass is 408 g/mol. The van der Waals surface area contributed by atoms with Gasteiger partial charge in [0.25, 0.3) is 5.91 Å². The van der Waals surface area contributed by atoms with E-state index in [1.807, 2.05) is 14.1 Å². The number of carbonyl (C=O) groups is 1. The summed E-state index contributed by atoms with van der Waals surface area (Å²) in [6, 6.07) is 5.72. The van der Waals surface area contributed by atoms with Gasteiger partial charge in [0, 0.05) is 12.1 Å². The van der Waals surface area contributed by atoms with Gasteiger partial charge in [-0.15, -0.1) is 0 Å². The zero-order chi connectivity index (χ0) is 19.0. The van der Waals surface area contributed by atoms with E-state index in [4.69, 9.17) is 23.8 Å². The molecule has 1 amide bonds. The maximum absolute atomic E-state index is 12.4. The van der Waals surface area contributed by atoms with Gasteiger partial charge in [-0.2, -0.15) is 4.31 Å². The molecule has 25 heavy (non-hydrogen) atoms. The zero-order valence-corrected chi connectivity index (χ0v) is 16.7. The Morgan fingerprint density at radius 1 is 1.24 bits per heavy atom. The van der Waals surface area contributed by atoms with Crippen LogP contribution in [-0.2, 0) is 14.8 Å². The van der Waals surface area contributed by atoms with Crippen LogP contribution in [0.5, 0.6) is 0 Å². The third-order valence-electron chi connectivity index (χ3n) is 3.11. The third-order valence-corrected chi connectivity index (χ3v) is 5.43. The van der Waals surface area contributed by atoms with E-state index in [1.165, 1.54) is 36.2 Å². The van der Waals surface area contributed by atoms with Gasteiger partial charge in [-0.25, -0.2) is 8.42 Å². The first-order valence-corrected chi connectivity index (χ1v) is 9.69. The molecule has 1 aromatic rings. The van der Waals surface area contributed by atoms with E-state index in [2.05, 4.69) is 16.2 Å². The highest BCUT2D eigenvalue weighted by Crippen LogP contribution is 2.17. The van der Waals surface area contributed by atoms with Crippen LogP contribution in [0.4, 0.5) is 0 Å². The lowest BCUT2D eigenvalue weighted by Gasteiger charge is -2.18. The van der Waals surface area contributed by atoms with E-state index >= 15 is 0 Å². The van der Waals surface area contributed by atoms with Gasteiger partial charge in [0.1, 0.15) is 0 Å². The van der Waals surface area contributed by atoms with E-state index in [9.17, 15) is 13.2 Å². The molecule has 1 aromatic carbocycles. The summed E-state index contributed by atoms with van der Waals surface area (Å²) in [5.41, 5.74) is 4.89. The van der Waals surface area contributed by atoms with Gasteiger partial charge in [-0.1, -0.05) is 11.6 Å². The summed E-state index contributed by atoms with van der Waals surface area (Å²) in [5.74, 6) is -0.539. The van der Waals surface area contributed by atoms with Crippen molar-refractivity contribution >= 4 is 44.9 Å². The fraction of sp³-hybridized carbons (Fsp3) is 0.429. The number of hydrogen-bond acceptors (Lipinski definition) is 4. The average molecular weight is 409 g/mol. The first-order chi connectivity index (χ1) is 11.6. The van der Waals surface area contributed by atoms with E-state index < -0.39 is 15.9 Å². The first kappa shape index (κ1) is 21.6. The second kappa shape index (κ2) is 9.88. The van der Waals surface area contributed by atoms with Crippen LogP contribution in [0.15, 0.2) is 29.2 Å². The van der Waals surface area contributed by atoms with E-state index in [0.717, 1.165) is 10.8 Å². The van der Waals surface area contributed by atoms with Crippen molar-refractivity contribution in [2.75, 3.05) is 40.8 Å². The van der Waals surface area contributed by atoms with E-state index in [0.29, 0.717) is 11.6 Å². The van der Waals surface area contributed by atoms with Crippen LogP contribution in [0.25, 0.3) is 0 Å². The van der Waals surface area contributed by atoms with Gasteiger partial charge in [-0.3, -0.25) is 15.6 Å². The molecule has 0 fully saturated rings.